The normalized spacial score (nSPS) is 19.5. The van der Waals surface area contributed by atoms with Gasteiger partial charge in [0.05, 0.1) is 12.6 Å². The molecule has 1 atom stereocenters. The Hall–Kier alpha value is -1.05. The van der Waals surface area contributed by atoms with E-state index in [9.17, 15) is 0 Å². The molecular formula is C15H20BrN3. The molecule has 0 aromatic heterocycles. The lowest BCUT2D eigenvalue weighted by Gasteiger charge is -2.38. The quantitative estimate of drug-likeness (QED) is 0.801. The minimum absolute atomic E-state index is 0.480. The van der Waals surface area contributed by atoms with Crippen LogP contribution in [0.25, 0.3) is 0 Å². The van der Waals surface area contributed by atoms with Crippen LogP contribution in [0.1, 0.15) is 18.4 Å². The predicted octanol–water partition coefficient (Wildman–Crippen LogP) is 3.18. The van der Waals surface area contributed by atoms with Crippen molar-refractivity contribution in [3.63, 3.8) is 0 Å². The maximum absolute atomic E-state index is 8.81. The molecule has 1 heterocycles. The summed E-state index contributed by atoms with van der Waals surface area (Å²) in [6.07, 6.45) is 2.37. The molecule has 2 rings (SSSR count). The fourth-order valence-corrected chi connectivity index (χ4v) is 2.93. The van der Waals surface area contributed by atoms with Crippen molar-refractivity contribution in [2.75, 3.05) is 31.6 Å². The molecule has 1 aliphatic rings. The van der Waals surface area contributed by atoms with Crippen LogP contribution in [0.15, 0.2) is 22.7 Å². The third-order valence-corrected chi connectivity index (χ3v) is 4.71. The maximum atomic E-state index is 8.81. The number of rotatable bonds is 3. The second-order valence-corrected chi connectivity index (χ2v) is 6.10. The molecule has 4 heteroatoms. The largest absolute Gasteiger partial charge is 0.370 e. The Balaban J connectivity index is 2.08. The van der Waals surface area contributed by atoms with Crippen LogP contribution in [-0.2, 0) is 0 Å². The molecule has 102 valence electrons. The van der Waals surface area contributed by atoms with E-state index in [0.29, 0.717) is 12.6 Å². The predicted molar refractivity (Wildman–Crippen MR) is 82.4 cm³/mol. The molecule has 1 aliphatic heterocycles. The van der Waals surface area contributed by atoms with E-state index in [0.717, 1.165) is 17.6 Å². The number of nitrogens with zero attached hydrogens (tertiary/aromatic N) is 3. The van der Waals surface area contributed by atoms with Crippen molar-refractivity contribution in [2.24, 2.45) is 0 Å². The van der Waals surface area contributed by atoms with Crippen LogP contribution in [0.4, 0.5) is 5.69 Å². The number of benzene rings is 1. The first kappa shape index (κ1) is 14.4. The summed E-state index contributed by atoms with van der Waals surface area (Å²) in [5.74, 6) is 0. The van der Waals surface area contributed by atoms with Gasteiger partial charge in [-0.1, -0.05) is 22.0 Å². The average Bonchev–Trinajstić information content (AvgIpc) is 2.42. The molecule has 0 aliphatic carbocycles. The number of anilines is 1. The zero-order valence-electron chi connectivity index (χ0n) is 11.6. The Kier molecular flexibility index (Phi) is 4.84. The van der Waals surface area contributed by atoms with Crippen molar-refractivity contribution in [3.05, 3.63) is 28.2 Å². The number of hydrogen-bond acceptors (Lipinski definition) is 3. The van der Waals surface area contributed by atoms with Gasteiger partial charge in [-0.3, -0.25) is 4.90 Å². The summed E-state index contributed by atoms with van der Waals surface area (Å²) < 4.78 is 1.16. The lowest BCUT2D eigenvalue weighted by atomic mass is 10.0. The summed E-state index contributed by atoms with van der Waals surface area (Å²) in [5, 5.41) is 8.81. The van der Waals surface area contributed by atoms with Crippen molar-refractivity contribution in [2.45, 2.75) is 25.8 Å². The molecule has 0 radical (unpaired) electrons. The zero-order chi connectivity index (χ0) is 13.8. The molecule has 19 heavy (non-hydrogen) atoms. The first-order valence-electron chi connectivity index (χ1n) is 6.70. The van der Waals surface area contributed by atoms with Gasteiger partial charge in [-0.05, 0) is 44.5 Å². The second kappa shape index (κ2) is 6.40. The number of likely N-dealkylation sites (N-methyl/N-ethyl adjacent to an activating group) is 1. The molecule has 1 aromatic rings. The van der Waals surface area contributed by atoms with Gasteiger partial charge in [0, 0.05) is 29.3 Å². The lowest BCUT2D eigenvalue weighted by Crippen LogP contribution is -2.46. The van der Waals surface area contributed by atoms with Crippen molar-refractivity contribution in [3.8, 4) is 6.07 Å². The van der Waals surface area contributed by atoms with Gasteiger partial charge in [0.15, 0.2) is 0 Å². The highest BCUT2D eigenvalue weighted by atomic mass is 79.9. The van der Waals surface area contributed by atoms with Gasteiger partial charge >= 0.3 is 0 Å². The van der Waals surface area contributed by atoms with Gasteiger partial charge in [0.25, 0.3) is 0 Å². The van der Waals surface area contributed by atoms with E-state index in [1.54, 1.807) is 0 Å². The molecule has 0 spiro atoms. The Morgan fingerprint density at radius 3 is 3.00 bits per heavy atom. The van der Waals surface area contributed by atoms with E-state index in [2.05, 4.69) is 56.9 Å². The van der Waals surface area contributed by atoms with Crippen molar-refractivity contribution >= 4 is 21.6 Å². The molecule has 0 saturated carbocycles. The van der Waals surface area contributed by atoms with E-state index in [4.69, 9.17) is 5.26 Å². The van der Waals surface area contributed by atoms with E-state index >= 15 is 0 Å². The van der Waals surface area contributed by atoms with Crippen molar-refractivity contribution < 1.29 is 0 Å². The highest BCUT2D eigenvalue weighted by Gasteiger charge is 2.23. The highest BCUT2D eigenvalue weighted by molar-refractivity contribution is 9.10. The molecule has 0 N–H and O–H groups in total. The summed E-state index contributed by atoms with van der Waals surface area (Å²) in [4.78, 5) is 4.58. The molecule has 3 nitrogen and oxygen atoms in total. The summed E-state index contributed by atoms with van der Waals surface area (Å²) >= 11 is 3.60. The standard InChI is InChI=1S/C15H20BrN3/c1-12-5-6-13(10-15(12)16)19-8-3-4-14(11-19)18(2)9-7-17/h5-6,10,14H,3-4,8-9,11H2,1-2H3. The average molecular weight is 322 g/mol. The van der Waals surface area contributed by atoms with Crippen LogP contribution in [-0.4, -0.2) is 37.6 Å². The van der Waals surface area contributed by atoms with Crippen LogP contribution in [0.5, 0.6) is 0 Å². The topological polar surface area (TPSA) is 30.3 Å². The smallest absolute Gasteiger partial charge is 0.0866 e. The van der Waals surface area contributed by atoms with Gasteiger partial charge in [-0.2, -0.15) is 5.26 Å². The Morgan fingerprint density at radius 1 is 1.53 bits per heavy atom. The number of hydrogen-bond donors (Lipinski definition) is 0. The van der Waals surface area contributed by atoms with E-state index in [1.807, 2.05) is 7.05 Å². The lowest BCUT2D eigenvalue weighted by molar-refractivity contribution is 0.238. The van der Waals surface area contributed by atoms with Gasteiger partial charge in [0.2, 0.25) is 0 Å². The van der Waals surface area contributed by atoms with Gasteiger partial charge in [0.1, 0.15) is 0 Å². The maximum Gasteiger partial charge on any atom is 0.0866 e. The van der Waals surface area contributed by atoms with Crippen LogP contribution < -0.4 is 4.90 Å². The van der Waals surface area contributed by atoms with Gasteiger partial charge < -0.3 is 4.90 Å². The minimum Gasteiger partial charge on any atom is -0.370 e. The third-order valence-electron chi connectivity index (χ3n) is 3.86. The van der Waals surface area contributed by atoms with Crippen LogP contribution >= 0.6 is 15.9 Å². The Morgan fingerprint density at radius 2 is 2.32 bits per heavy atom. The Bertz CT molecular complexity index is 481. The first-order valence-corrected chi connectivity index (χ1v) is 7.49. The number of aryl methyl sites for hydroxylation is 1. The number of piperidine rings is 1. The monoisotopic (exact) mass is 321 g/mol. The molecule has 1 unspecified atom stereocenters. The van der Waals surface area contributed by atoms with Crippen molar-refractivity contribution in [1.82, 2.24) is 4.90 Å². The molecular weight excluding hydrogens is 302 g/mol. The summed E-state index contributed by atoms with van der Waals surface area (Å²) in [6, 6.07) is 9.25. The Labute approximate surface area is 123 Å². The molecule has 0 amide bonds. The zero-order valence-corrected chi connectivity index (χ0v) is 13.2. The SMILES string of the molecule is Cc1ccc(N2CCCC(N(C)CC#N)C2)cc1Br. The van der Waals surface area contributed by atoms with Crippen LogP contribution in [0.2, 0.25) is 0 Å². The second-order valence-electron chi connectivity index (χ2n) is 5.25. The highest BCUT2D eigenvalue weighted by Crippen LogP contribution is 2.26. The van der Waals surface area contributed by atoms with E-state index < -0.39 is 0 Å². The summed E-state index contributed by atoms with van der Waals surface area (Å²) in [7, 11) is 2.04. The molecule has 0 bridgehead atoms. The van der Waals surface area contributed by atoms with Gasteiger partial charge in [-0.15, -0.1) is 0 Å². The van der Waals surface area contributed by atoms with Crippen molar-refractivity contribution in [1.29, 1.82) is 5.26 Å². The van der Waals surface area contributed by atoms with Crippen LogP contribution in [0, 0.1) is 18.3 Å². The molecule has 1 fully saturated rings. The molecule has 1 aromatic carbocycles. The minimum atomic E-state index is 0.480. The third kappa shape index (κ3) is 3.49. The number of halogens is 1. The summed E-state index contributed by atoms with van der Waals surface area (Å²) in [5.41, 5.74) is 2.53. The summed E-state index contributed by atoms with van der Waals surface area (Å²) in [6.45, 7) is 4.73. The first-order chi connectivity index (χ1) is 9.11. The number of nitriles is 1. The van der Waals surface area contributed by atoms with E-state index in [1.165, 1.54) is 24.1 Å². The fourth-order valence-electron chi connectivity index (χ4n) is 2.57. The van der Waals surface area contributed by atoms with Crippen LogP contribution in [0.3, 0.4) is 0 Å². The van der Waals surface area contributed by atoms with E-state index in [-0.39, 0.29) is 0 Å². The fraction of sp³-hybridized carbons (Fsp3) is 0.533. The molecule has 1 saturated heterocycles. The van der Waals surface area contributed by atoms with Gasteiger partial charge in [-0.25, -0.2) is 0 Å².